The van der Waals surface area contributed by atoms with E-state index in [1.807, 2.05) is 0 Å². The van der Waals surface area contributed by atoms with Crippen molar-refractivity contribution in [2.24, 2.45) is 0 Å². The lowest BCUT2D eigenvalue weighted by molar-refractivity contribution is -0.143. The fourth-order valence-corrected chi connectivity index (χ4v) is 3.06. The zero-order chi connectivity index (χ0) is 13.1. The van der Waals surface area contributed by atoms with Gasteiger partial charge in [-0.05, 0) is 0 Å². The van der Waals surface area contributed by atoms with Crippen LogP contribution in [-0.2, 0) is 23.0 Å². The minimum absolute atomic E-state index is 1.30. The molecule has 0 saturated heterocycles. The minimum Gasteiger partial charge on any atom is -0.481 e. The lowest BCUT2D eigenvalue weighted by Crippen LogP contribution is -2.24. The van der Waals surface area contributed by atoms with E-state index in [2.05, 4.69) is 4.31 Å². The van der Waals surface area contributed by atoms with Crippen LogP contribution in [0.2, 0.25) is 0 Å². The number of phosphoric acid groups is 1. The molecule has 0 radical (unpaired) electrons. The van der Waals surface area contributed by atoms with E-state index in [1.165, 1.54) is 0 Å². The third-order valence-corrected chi connectivity index (χ3v) is 4.25. The van der Waals surface area contributed by atoms with Crippen molar-refractivity contribution in [2.75, 3.05) is 0 Å². The molecule has 12 heteroatoms. The summed E-state index contributed by atoms with van der Waals surface area (Å²) in [6, 6.07) is 0. The molecular weight excluding hydrogens is 270 g/mol. The highest BCUT2D eigenvalue weighted by Gasteiger charge is 2.44. The minimum atomic E-state index is -5.39. The van der Waals surface area contributed by atoms with E-state index in [0.29, 0.717) is 0 Å². The topological polar surface area (TPSA) is 179 Å². The Labute approximate surface area is 88.3 Å². The second-order valence-corrected chi connectivity index (χ2v) is 5.97. The van der Waals surface area contributed by atoms with Gasteiger partial charge in [0.05, 0.1) is 6.42 Å². The van der Waals surface area contributed by atoms with Crippen molar-refractivity contribution in [1.29, 1.82) is 0 Å². The van der Waals surface area contributed by atoms with Crippen molar-refractivity contribution in [2.45, 2.75) is 12.1 Å². The fraction of sp³-hybridized carbons (Fsp3) is 0.500. The van der Waals surface area contributed by atoms with Gasteiger partial charge in [0.15, 0.2) is 5.66 Å². The van der Waals surface area contributed by atoms with Crippen molar-refractivity contribution >= 4 is 27.4 Å². The van der Waals surface area contributed by atoms with Crippen molar-refractivity contribution < 1.29 is 47.9 Å². The molecule has 94 valence electrons. The lowest BCUT2D eigenvalue weighted by atomic mass is 10.3. The Morgan fingerprint density at radius 2 is 1.56 bits per heavy atom. The van der Waals surface area contributed by atoms with E-state index >= 15 is 0 Å². The second-order valence-electron chi connectivity index (χ2n) is 2.59. The summed E-state index contributed by atoms with van der Waals surface area (Å²) in [5, 5.41) is 16.7. The van der Waals surface area contributed by atoms with E-state index in [-0.39, 0.29) is 0 Å². The van der Waals surface area contributed by atoms with Crippen LogP contribution in [0.25, 0.3) is 0 Å². The third-order valence-electron chi connectivity index (χ3n) is 1.27. The Bertz CT molecular complexity index is 380. The first kappa shape index (κ1) is 15.2. The number of rotatable bonds is 6. The number of carbonyl (C=O) groups is 2. The van der Waals surface area contributed by atoms with E-state index in [0.717, 1.165) is 0 Å². The summed E-state index contributed by atoms with van der Waals surface area (Å²) in [5.41, 5.74) is -2.45. The standard InChI is InChI=1S/C4H8O10P2/c5-3(6)1-2(4(7)8)15(9,10)14-16(11,12)13/h2H,1H2,(H,5,6)(H,7,8)(H,9,10)(H2,11,12,13). The summed E-state index contributed by atoms with van der Waals surface area (Å²) >= 11 is 0. The molecule has 5 N–H and O–H groups in total. The van der Waals surface area contributed by atoms with Gasteiger partial charge in [-0.15, -0.1) is 0 Å². The number of hydrogen-bond donors (Lipinski definition) is 5. The molecule has 0 bridgehead atoms. The highest BCUT2D eigenvalue weighted by atomic mass is 31.3. The summed E-state index contributed by atoms with van der Waals surface area (Å²) < 4.78 is 24.7. The van der Waals surface area contributed by atoms with Crippen LogP contribution in [0.4, 0.5) is 0 Å². The second kappa shape index (κ2) is 5.05. The van der Waals surface area contributed by atoms with Crippen LogP contribution in [0.5, 0.6) is 0 Å². The Hall–Kier alpha value is -0.760. The van der Waals surface area contributed by atoms with Gasteiger partial charge in [0.1, 0.15) is 0 Å². The monoisotopic (exact) mass is 278 g/mol. The summed E-state index contributed by atoms with van der Waals surface area (Å²) in [6.45, 7) is 0. The highest BCUT2D eigenvalue weighted by molar-refractivity contribution is 7.64. The summed E-state index contributed by atoms with van der Waals surface area (Å²) in [7, 11) is -10.7. The Balaban J connectivity index is 5.05. The predicted molar refractivity (Wildman–Crippen MR) is 46.6 cm³/mol. The number of hydrogen-bond acceptors (Lipinski definition) is 5. The summed E-state index contributed by atoms with van der Waals surface area (Å²) in [6.07, 6.45) is -1.30. The first-order valence-electron chi connectivity index (χ1n) is 3.49. The zero-order valence-corrected chi connectivity index (χ0v) is 9.25. The molecule has 0 aromatic heterocycles. The molecule has 0 aliphatic heterocycles. The van der Waals surface area contributed by atoms with E-state index in [4.69, 9.17) is 24.9 Å². The molecule has 2 atom stereocenters. The van der Waals surface area contributed by atoms with Gasteiger partial charge in [-0.25, -0.2) is 8.88 Å². The van der Waals surface area contributed by atoms with Crippen LogP contribution in [0, 0.1) is 0 Å². The first-order valence-corrected chi connectivity index (χ1v) is 6.67. The maximum atomic E-state index is 11.1. The van der Waals surface area contributed by atoms with Crippen molar-refractivity contribution in [3.05, 3.63) is 0 Å². The average molecular weight is 278 g/mol. The van der Waals surface area contributed by atoms with Gasteiger partial charge in [-0.1, -0.05) is 0 Å². The van der Waals surface area contributed by atoms with Crippen LogP contribution in [0.15, 0.2) is 0 Å². The van der Waals surface area contributed by atoms with Crippen LogP contribution in [0.3, 0.4) is 0 Å². The van der Waals surface area contributed by atoms with E-state index < -0.39 is 39.4 Å². The molecule has 0 saturated carbocycles. The van der Waals surface area contributed by atoms with Gasteiger partial charge in [0, 0.05) is 0 Å². The molecule has 0 aliphatic rings. The molecule has 0 heterocycles. The first-order chi connectivity index (χ1) is 6.96. The maximum absolute atomic E-state index is 11.1. The summed E-state index contributed by atoms with van der Waals surface area (Å²) in [5.74, 6) is -3.74. The summed E-state index contributed by atoms with van der Waals surface area (Å²) in [4.78, 5) is 46.0. The molecule has 2 unspecified atom stereocenters. The molecule has 0 aliphatic carbocycles. The van der Waals surface area contributed by atoms with E-state index in [9.17, 15) is 18.7 Å². The smallest absolute Gasteiger partial charge is 0.476 e. The van der Waals surface area contributed by atoms with Crippen molar-refractivity contribution in [3.8, 4) is 0 Å². The molecular formula is C4H8O10P2. The van der Waals surface area contributed by atoms with Crippen LogP contribution < -0.4 is 0 Å². The van der Waals surface area contributed by atoms with Gasteiger partial charge < -0.3 is 24.9 Å². The van der Waals surface area contributed by atoms with Crippen molar-refractivity contribution in [1.82, 2.24) is 0 Å². The highest BCUT2D eigenvalue weighted by Crippen LogP contribution is 2.60. The van der Waals surface area contributed by atoms with Crippen LogP contribution in [0.1, 0.15) is 6.42 Å². The SMILES string of the molecule is O=C(O)CC(C(=O)O)P(=O)(O)OP(=O)(O)O. The zero-order valence-electron chi connectivity index (χ0n) is 7.46. The molecule has 0 rings (SSSR count). The number of aliphatic carboxylic acids is 2. The van der Waals surface area contributed by atoms with Crippen molar-refractivity contribution in [3.63, 3.8) is 0 Å². The third kappa shape index (κ3) is 5.36. The quantitative estimate of drug-likeness (QED) is 0.386. The van der Waals surface area contributed by atoms with Gasteiger partial charge in [0.2, 0.25) is 0 Å². The number of carboxylic acid groups (broad SMARTS) is 2. The van der Waals surface area contributed by atoms with Gasteiger partial charge in [-0.2, -0.15) is 0 Å². The molecule has 10 nitrogen and oxygen atoms in total. The van der Waals surface area contributed by atoms with Gasteiger partial charge in [-0.3, -0.25) is 14.2 Å². The Morgan fingerprint density at radius 3 is 1.81 bits per heavy atom. The van der Waals surface area contributed by atoms with Crippen LogP contribution >= 0.6 is 15.4 Å². The maximum Gasteiger partial charge on any atom is 0.476 e. The number of carboxylic acids is 2. The Kier molecular flexibility index (Phi) is 4.81. The molecule has 0 aromatic carbocycles. The Morgan fingerprint density at radius 1 is 1.12 bits per heavy atom. The fourth-order valence-electron chi connectivity index (χ4n) is 0.717. The predicted octanol–water partition coefficient (Wildman–Crippen LogP) is -0.791. The average Bonchev–Trinajstić information content (AvgIpc) is 1.93. The molecule has 0 aromatic rings. The lowest BCUT2D eigenvalue weighted by Gasteiger charge is -2.17. The normalized spacial score (nSPS) is 17.4. The largest absolute Gasteiger partial charge is 0.481 e. The van der Waals surface area contributed by atoms with Crippen LogP contribution in [-0.4, -0.2) is 42.5 Å². The van der Waals surface area contributed by atoms with Gasteiger partial charge in [0.25, 0.3) is 0 Å². The van der Waals surface area contributed by atoms with E-state index in [1.54, 1.807) is 0 Å². The van der Waals surface area contributed by atoms with Gasteiger partial charge >= 0.3 is 27.4 Å². The molecule has 0 amide bonds. The molecule has 16 heavy (non-hydrogen) atoms. The molecule has 0 spiro atoms. The molecule has 0 fully saturated rings.